The van der Waals surface area contributed by atoms with Crippen molar-refractivity contribution in [3.8, 4) is 5.75 Å². The lowest BCUT2D eigenvalue weighted by Gasteiger charge is -2.07. The Hall–Kier alpha value is -1.89. The van der Waals surface area contributed by atoms with Gasteiger partial charge in [0.05, 0.1) is 5.56 Å². The maximum atomic E-state index is 11.0. The average molecular weight is 326 g/mol. The fraction of sp³-hybridized carbons (Fsp3) is 0.250. The summed E-state index contributed by atoms with van der Waals surface area (Å²) >= 11 is 3.18. The van der Waals surface area contributed by atoms with Gasteiger partial charge in [-0.25, -0.2) is 4.79 Å². The molecule has 19 heavy (non-hydrogen) atoms. The van der Waals surface area contributed by atoms with Gasteiger partial charge in [0.25, 0.3) is 0 Å². The first-order valence-corrected chi connectivity index (χ1v) is 6.29. The maximum absolute atomic E-state index is 11.0. The maximum Gasteiger partial charge on any atom is 0.336 e. The Labute approximate surface area is 118 Å². The summed E-state index contributed by atoms with van der Waals surface area (Å²) in [5.41, 5.74) is 0.159. The van der Waals surface area contributed by atoms with Crippen LogP contribution in [-0.2, 0) is 13.7 Å². The number of rotatable bonds is 4. The molecule has 0 bridgehead atoms. The predicted octanol–water partition coefficient (Wildman–Crippen LogP) is 2.16. The van der Waals surface area contributed by atoms with E-state index in [-0.39, 0.29) is 12.2 Å². The lowest BCUT2D eigenvalue weighted by Crippen LogP contribution is -2.05. The van der Waals surface area contributed by atoms with Gasteiger partial charge in [0.1, 0.15) is 18.2 Å². The molecule has 0 saturated heterocycles. The van der Waals surface area contributed by atoms with Crippen molar-refractivity contribution in [2.75, 3.05) is 0 Å². The number of nitrogens with zero attached hydrogens (tertiary/aromatic N) is 3. The zero-order valence-corrected chi connectivity index (χ0v) is 12.0. The first kappa shape index (κ1) is 13.5. The highest BCUT2D eigenvalue weighted by Crippen LogP contribution is 2.23. The van der Waals surface area contributed by atoms with E-state index >= 15 is 0 Å². The van der Waals surface area contributed by atoms with Crippen molar-refractivity contribution in [1.29, 1.82) is 0 Å². The predicted molar refractivity (Wildman–Crippen MR) is 71.2 cm³/mol. The molecule has 2 rings (SSSR count). The minimum atomic E-state index is -1.01. The molecule has 1 aromatic heterocycles. The minimum Gasteiger partial charge on any atom is -0.486 e. The molecule has 6 nitrogen and oxygen atoms in total. The number of hydrogen-bond donors (Lipinski definition) is 1. The van der Waals surface area contributed by atoms with Crippen LogP contribution < -0.4 is 4.74 Å². The molecule has 0 saturated carbocycles. The van der Waals surface area contributed by atoms with Crippen LogP contribution in [0.3, 0.4) is 0 Å². The van der Waals surface area contributed by atoms with Gasteiger partial charge >= 0.3 is 5.97 Å². The highest BCUT2D eigenvalue weighted by molar-refractivity contribution is 9.10. The van der Waals surface area contributed by atoms with E-state index in [9.17, 15) is 4.79 Å². The minimum absolute atomic E-state index is 0.159. The molecule has 0 aliphatic heterocycles. The van der Waals surface area contributed by atoms with Crippen molar-refractivity contribution < 1.29 is 14.6 Å². The van der Waals surface area contributed by atoms with Crippen LogP contribution in [0.25, 0.3) is 0 Å². The summed E-state index contributed by atoms with van der Waals surface area (Å²) in [7, 11) is 1.85. The van der Waals surface area contributed by atoms with E-state index in [2.05, 4.69) is 26.1 Å². The van der Waals surface area contributed by atoms with Crippen molar-refractivity contribution >= 4 is 21.9 Å². The summed E-state index contributed by atoms with van der Waals surface area (Å²) in [6.07, 6.45) is 0. The Morgan fingerprint density at radius 3 is 2.79 bits per heavy atom. The molecule has 0 aliphatic rings. The Balaban J connectivity index is 2.14. The zero-order valence-electron chi connectivity index (χ0n) is 10.4. The molecular formula is C12H12BrN3O3. The van der Waals surface area contributed by atoms with E-state index in [1.165, 1.54) is 6.07 Å². The highest BCUT2D eigenvalue weighted by atomic mass is 79.9. The molecule has 2 aromatic rings. The first-order chi connectivity index (χ1) is 8.99. The fourth-order valence-corrected chi connectivity index (χ4v) is 1.90. The summed E-state index contributed by atoms with van der Waals surface area (Å²) in [4.78, 5) is 11.0. The van der Waals surface area contributed by atoms with Crippen molar-refractivity contribution in [2.45, 2.75) is 13.5 Å². The number of aromatic carboxylic acids is 1. The molecule has 0 fully saturated rings. The number of carboxylic acid groups (broad SMARTS) is 1. The van der Waals surface area contributed by atoms with Crippen LogP contribution in [0.4, 0.5) is 0 Å². The largest absolute Gasteiger partial charge is 0.486 e. The van der Waals surface area contributed by atoms with E-state index in [1.54, 1.807) is 12.1 Å². The zero-order chi connectivity index (χ0) is 14.0. The second-order valence-corrected chi connectivity index (χ2v) is 4.81. The van der Waals surface area contributed by atoms with E-state index in [0.717, 1.165) is 5.82 Å². The van der Waals surface area contributed by atoms with Gasteiger partial charge in [-0.3, -0.25) is 0 Å². The van der Waals surface area contributed by atoms with Crippen molar-refractivity contribution in [3.05, 3.63) is 39.9 Å². The van der Waals surface area contributed by atoms with Gasteiger partial charge in [0, 0.05) is 11.5 Å². The van der Waals surface area contributed by atoms with Crippen LogP contribution in [0.15, 0.2) is 22.7 Å². The molecular weight excluding hydrogens is 314 g/mol. The third-order valence-corrected chi connectivity index (χ3v) is 3.41. The molecule has 0 spiro atoms. The quantitative estimate of drug-likeness (QED) is 0.932. The molecule has 0 amide bonds. The third-order valence-electron chi connectivity index (χ3n) is 2.72. The lowest BCUT2D eigenvalue weighted by atomic mass is 10.2. The number of carbonyl (C=O) groups is 1. The number of carboxylic acids is 1. The van der Waals surface area contributed by atoms with Gasteiger partial charge in [-0.2, -0.15) is 0 Å². The van der Waals surface area contributed by atoms with Crippen LogP contribution in [-0.4, -0.2) is 25.8 Å². The molecule has 1 N–H and O–H groups in total. The molecule has 100 valence electrons. The van der Waals surface area contributed by atoms with Crippen LogP contribution in [0, 0.1) is 6.92 Å². The normalized spacial score (nSPS) is 10.5. The van der Waals surface area contributed by atoms with Gasteiger partial charge < -0.3 is 14.4 Å². The van der Waals surface area contributed by atoms with Crippen LogP contribution in [0.5, 0.6) is 5.75 Å². The van der Waals surface area contributed by atoms with Crippen molar-refractivity contribution in [1.82, 2.24) is 14.8 Å². The molecule has 7 heteroatoms. The number of hydrogen-bond acceptors (Lipinski definition) is 4. The Morgan fingerprint density at radius 2 is 2.21 bits per heavy atom. The first-order valence-electron chi connectivity index (χ1n) is 5.49. The molecule has 0 unspecified atom stereocenters. The number of aryl methyl sites for hydroxylation is 1. The van der Waals surface area contributed by atoms with Gasteiger partial charge in [0.15, 0.2) is 5.82 Å². The van der Waals surface area contributed by atoms with Crippen molar-refractivity contribution in [2.24, 2.45) is 7.05 Å². The lowest BCUT2D eigenvalue weighted by molar-refractivity contribution is 0.0695. The SMILES string of the molecule is Cc1nnc(COc2ccc(Br)c(C(=O)O)c2)n1C. The van der Waals surface area contributed by atoms with E-state index in [4.69, 9.17) is 9.84 Å². The van der Waals surface area contributed by atoms with Crippen LogP contribution in [0.1, 0.15) is 22.0 Å². The second-order valence-electron chi connectivity index (χ2n) is 3.96. The summed E-state index contributed by atoms with van der Waals surface area (Å²) in [6.45, 7) is 2.08. The van der Waals surface area contributed by atoms with Gasteiger partial charge in [-0.05, 0) is 41.1 Å². The van der Waals surface area contributed by atoms with Gasteiger partial charge in [-0.15, -0.1) is 10.2 Å². The Morgan fingerprint density at radius 1 is 1.47 bits per heavy atom. The van der Waals surface area contributed by atoms with Crippen LogP contribution in [0.2, 0.25) is 0 Å². The molecule has 1 heterocycles. The smallest absolute Gasteiger partial charge is 0.336 e. The van der Waals surface area contributed by atoms with E-state index in [0.29, 0.717) is 16.0 Å². The third kappa shape index (κ3) is 2.93. The second kappa shape index (κ2) is 5.40. The highest BCUT2D eigenvalue weighted by Gasteiger charge is 2.11. The van der Waals surface area contributed by atoms with Crippen molar-refractivity contribution in [3.63, 3.8) is 0 Å². The summed E-state index contributed by atoms with van der Waals surface area (Å²) in [6, 6.07) is 4.80. The average Bonchev–Trinajstić information content (AvgIpc) is 2.69. The monoisotopic (exact) mass is 325 g/mol. The van der Waals surface area contributed by atoms with E-state index < -0.39 is 5.97 Å². The van der Waals surface area contributed by atoms with Gasteiger partial charge in [-0.1, -0.05) is 0 Å². The summed E-state index contributed by atoms with van der Waals surface area (Å²) in [5.74, 6) is 0.936. The number of ether oxygens (including phenoxy) is 1. The number of benzene rings is 1. The molecule has 1 aromatic carbocycles. The van der Waals surface area contributed by atoms with E-state index in [1.807, 2.05) is 18.5 Å². The summed E-state index contributed by atoms with van der Waals surface area (Å²) < 4.78 is 7.86. The van der Waals surface area contributed by atoms with Gasteiger partial charge in [0.2, 0.25) is 0 Å². The summed E-state index contributed by atoms with van der Waals surface area (Å²) in [5, 5.41) is 16.9. The van der Waals surface area contributed by atoms with Crippen LogP contribution >= 0.6 is 15.9 Å². The molecule has 0 atom stereocenters. The number of halogens is 1. The number of aromatic nitrogens is 3. The topological polar surface area (TPSA) is 77.2 Å². The Kier molecular flexibility index (Phi) is 3.84. The molecule has 0 aliphatic carbocycles. The Bertz CT molecular complexity index is 625. The standard InChI is InChI=1S/C12H12BrN3O3/c1-7-14-15-11(16(7)2)6-19-8-3-4-10(13)9(5-8)12(17)18/h3-5H,6H2,1-2H3,(H,17,18). The fourth-order valence-electron chi connectivity index (χ4n) is 1.48. The molecule has 0 radical (unpaired) electrons.